The number of nitrogens with zero attached hydrogens (tertiary/aromatic N) is 2. The molecule has 0 saturated carbocycles. The first-order chi connectivity index (χ1) is 15.9. The van der Waals surface area contributed by atoms with Crippen LogP contribution in [0.2, 0.25) is 0 Å². The van der Waals surface area contributed by atoms with Gasteiger partial charge in [0.05, 0.1) is 17.9 Å². The molecule has 1 aromatic heterocycles. The van der Waals surface area contributed by atoms with Gasteiger partial charge >= 0.3 is 17.9 Å². The van der Waals surface area contributed by atoms with E-state index in [0.717, 1.165) is 12.0 Å². The molecule has 0 spiro atoms. The number of carbonyl (C=O) groups excluding carboxylic acids is 3. The molecule has 182 valence electrons. The first-order valence-electron chi connectivity index (χ1n) is 11.3. The van der Waals surface area contributed by atoms with E-state index in [9.17, 15) is 18.8 Å². The van der Waals surface area contributed by atoms with Crippen LogP contribution in [0.4, 0.5) is 20.7 Å². The standard InChI is InChI=1S/C25H31FN4O4/c1-15-6-11-20(17-7-9-18(26)10-8-17)30(14-15)23(32)22(31)28-19-12-16(2)21(27-13-19)29-24(33)34-25(3,4)5/h7-10,12-13,15,20H,6,11,14H2,1-5H3,(H,28,31)(H,27,29,33). The minimum absolute atomic E-state index is 0.246. The fraction of sp³-hybridized carbons (Fsp3) is 0.440. The van der Waals surface area contributed by atoms with Crippen molar-refractivity contribution in [3.05, 3.63) is 53.5 Å². The molecule has 2 atom stereocenters. The van der Waals surface area contributed by atoms with Gasteiger partial charge in [-0.2, -0.15) is 0 Å². The van der Waals surface area contributed by atoms with Gasteiger partial charge in [-0.05, 0) is 75.8 Å². The maximum absolute atomic E-state index is 13.4. The number of halogens is 1. The Bertz CT molecular complexity index is 1070. The number of anilines is 2. The van der Waals surface area contributed by atoms with Crippen LogP contribution in [0.25, 0.3) is 0 Å². The summed E-state index contributed by atoms with van der Waals surface area (Å²) in [7, 11) is 0. The number of hydrogen-bond acceptors (Lipinski definition) is 5. The largest absolute Gasteiger partial charge is 0.444 e. The minimum Gasteiger partial charge on any atom is -0.444 e. The number of rotatable bonds is 3. The van der Waals surface area contributed by atoms with Crippen LogP contribution in [0, 0.1) is 18.7 Å². The average Bonchev–Trinajstić information content (AvgIpc) is 2.74. The number of hydrogen-bond donors (Lipinski definition) is 2. The van der Waals surface area contributed by atoms with Crippen LogP contribution in [0.1, 0.15) is 57.7 Å². The number of piperidine rings is 1. The molecule has 3 rings (SSSR count). The molecule has 1 saturated heterocycles. The van der Waals surface area contributed by atoms with Crippen LogP contribution in [-0.2, 0) is 14.3 Å². The van der Waals surface area contributed by atoms with Gasteiger partial charge in [0, 0.05) is 6.54 Å². The zero-order valence-corrected chi connectivity index (χ0v) is 20.1. The van der Waals surface area contributed by atoms with Crippen molar-refractivity contribution in [1.29, 1.82) is 0 Å². The van der Waals surface area contributed by atoms with E-state index < -0.39 is 23.5 Å². The van der Waals surface area contributed by atoms with Gasteiger partial charge in [-0.1, -0.05) is 19.1 Å². The summed E-state index contributed by atoms with van der Waals surface area (Å²) in [4.78, 5) is 43.6. The lowest BCUT2D eigenvalue weighted by atomic mass is 9.90. The fourth-order valence-corrected chi connectivity index (χ4v) is 3.90. The first-order valence-corrected chi connectivity index (χ1v) is 11.3. The molecule has 1 aromatic carbocycles. The van der Waals surface area contributed by atoms with Gasteiger partial charge in [-0.15, -0.1) is 0 Å². The molecule has 9 heteroatoms. The van der Waals surface area contributed by atoms with Crippen LogP contribution in [-0.4, -0.2) is 39.9 Å². The lowest BCUT2D eigenvalue weighted by Gasteiger charge is -2.38. The molecule has 1 aliphatic rings. The number of likely N-dealkylation sites (tertiary alicyclic amines) is 1. The molecule has 0 bridgehead atoms. The third-order valence-corrected chi connectivity index (χ3v) is 5.48. The van der Waals surface area contributed by atoms with Gasteiger partial charge in [0.1, 0.15) is 17.2 Å². The number of nitrogens with one attached hydrogen (secondary N) is 2. The van der Waals surface area contributed by atoms with Crippen molar-refractivity contribution in [2.45, 2.75) is 59.1 Å². The van der Waals surface area contributed by atoms with Crippen molar-refractivity contribution in [1.82, 2.24) is 9.88 Å². The highest BCUT2D eigenvalue weighted by Crippen LogP contribution is 2.33. The van der Waals surface area contributed by atoms with Crippen LogP contribution in [0.5, 0.6) is 0 Å². The summed E-state index contributed by atoms with van der Waals surface area (Å²) in [5.74, 6) is -1.25. The van der Waals surface area contributed by atoms with Crippen molar-refractivity contribution < 1.29 is 23.5 Å². The van der Waals surface area contributed by atoms with Crippen LogP contribution >= 0.6 is 0 Å². The second-order valence-electron chi connectivity index (χ2n) is 9.68. The lowest BCUT2D eigenvalue weighted by Crippen LogP contribution is -2.46. The van der Waals surface area contributed by atoms with E-state index in [1.54, 1.807) is 50.8 Å². The Balaban J connectivity index is 1.70. The topological polar surface area (TPSA) is 101 Å². The van der Waals surface area contributed by atoms with Crippen molar-refractivity contribution in [2.75, 3.05) is 17.2 Å². The molecule has 8 nitrogen and oxygen atoms in total. The Morgan fingerprint density at radius 2 is 1.79 bits per heavy atom. The van der Waals surface area contributed by atoms with Gasteiger partial charge in [-0.3, -0.25) is 14.9 Å². The number of aryl methyl sites for hydroxylation is 1. The maximum Gasteiger partial charge on any atom is 0.413 e. The summed E-state index contributed by atoms with van der Waals surface area (Å²) in [5.41, 5.74) is 1.06. The summed E-state index contributed by atoms with van der Waals surface area (Å²) < 4.78 is 18.6. The third-order valence-electron chi connectivity index (χ3n) is 5.48. The third kappa shape index (κ3) is 6.52. The van der Waals surface area contributed by atoms with Crippen molar-refractivity contribution in [3.8, 4) is 0 Å². The highest BCUT2D eigenvalue weighted by molar-refractivity contribution is 6.39. The molecule has 34 heavy (non-hydrogen) atoms. The van der Waals surface area contributed by atoms with E-state index in [4.69, 9.17) is 4.74 Å². The van der Waals surface area contributed by atoms with E-state index >= 15 is 0 Å². The van der Waals surface area contributed by atoms with Crippen molar-refractivity contribution in [2.24, 2.45) is 5.92 Å². The Hall–Kier alpha value is -3.49. The highest BCUT2D eigenvalue weighted by Gasteiger charge is 2.34. The van der Waals surface area contributed by atoms with E-state index in [1.807, 2.05) is 6.92 Å². The Labute approximate surface area is 198 Å². The van der Waals surface area contributed by atoms with Crippen LogP contribution in [0.15, 0.2) is 36.5 Å². The molecule has 3 amide bonds. The molecule has 0 radical (unpaired) electrons. The highest BCUT2D eigenvalue weighted by atomic mass is 19.1. The average molecular weight is 471 g/mol. The van der Waals surface area contributed by atoms with E-state index in [2.05, 4.69) is 15.6 Å². The van der Waals surface area contributed by atoms with Gasteiger partial charge in [-0.25, -0.2) is 14.2 Å². The maximum atomic E-state index is 13.4. The van der Waals surface area contributed by atoms with Crippen LogP contribution in [0.3, 0.4) is 0 Å². The van der Waals surface area contributed by atoms with Crippen LogP contribution < -0.4 is 10.6 Å². The normalized spacial score (nSPS) is 18.2. The molecular formula is C25H31FN4O4. The molecule has 2 N–H and O–H groups in total. The minimum atomic E-state index is -0.782. The van der Waals surface area contributed by atoms with Gasteiger partial charge in [0.15, 0.2) is 0 Å². The fourth-order valence-electron chi connectivity index (χ4n) is 3.90. The van der Waals surface area contributed by atoms with E-state index in [-0.39, 0.29) is 17.8 Å². The SMILES string of the molecule is Cc1cc(NC(=O)C(=O)N2CC(C)CCC2c2ccc(F)cc2)cnc1NC(=O)OC(C)(C)C. The summed E-state index contributed by atoms with van der Waals surface area (Å²) in [6.45, 7) is 9.45. The summed E-state index contributed by atoms with van der Waals surface area (Å²) in [6.07, 6.45) is 2.32. The van der Waals surface area contributed by atoms with E-state index in [1.165, 1.54) is 18.3 Å². The zero-order valence-electron chi connectivity index (χ0n) is 20.1. The number of amides is 3. The van der Waals surface area contributed by atoms with Crippen molar-refractivity contribution in [3.63, 3.8) is 0 Å². The Morgan fingerprint density at radius 3 is 2.41 bits per heavy atom. The molecule has 2 unspecified atom stereocenters. The number of carbonyl (C=O) groups is 3. The smallest absolute Gasteiger partial charge is 0.413 e. The molecule has 1 aliphatic heterocycles. The first kappa shape index (κ1) is 25.1. The zero-order chi connectivity index (χ0) is 25.0. The number of aromatic nitrogens is 1. The van der Waals surface area contributed by atoms with Gasteiger partial charge in [0.2, 0.25) is 0 Å². The number of pyridine rings is 1. The molecular weight excluding hydrogens is 439 g/mol. The Kier molecular flexibility index (Phi) is 7.54. The second kappa shape index (κ2) is 10.2. The molecule has 2 aromatic rings. The predicted molar refractivity (Wildman–Crippen MR) is 127 cm³/mol. The summed E-state index contributed by atoms with van der Waals surface area (Å²) in [6, 6.07) is 7.33. The summed E-state index contributed by atoms with van der Waals surface area (Å²) >= 11 is 0. The van der Waals surface area contributed by atoms with Gasteiger partial charge < -0.3 is 15.0 Å². The monoisotopic (exact) mass is 470 g/mol. The Morgan fingerprint density at radius 1 is 1.12 bits per heavy atom. The predicted octanol–water partition coefficient (Wildman–Crippen LogP) is 4.81. The van der Waals surface area contributed by atoms with Crippen molar-refractivity contribution >= 4 is 29.4 Å². The second-order valence-corrected chi connectivity index (χ2v) is 9.68. The van der Waals surface area contributed by atoms with Gasteiger partial charge in [0.25, 0.3) is 0 Å². The molecule has 0 aliphatic carbocycles. The lowest BCUT2D eigenvalue weighted by molar-refractivity contribution is -0.146. The van der Waals surface area contributed by atoms with E-state index in [0.29, 0.717) is 30.0 Å². The number of benzene rings is 1. The molecule has 2 heterocycles. The number of ether oxygens (including phenoxy) is 1. The molecule has 1 fully saturated rings. The quantitative estimate of drug-likeness (QED) is 0.627. The summed E-state index contributed by atoms with van der Waals surface area (Å²) in [5, 5.41) is 5.17.